The van der Waals surface area contributed by atoms with Crippen molar-refractivity contribution < 1.29 is 13.7 Å². The summed E-state index contributed by atoms with van der Waals surface area (Å²) in [5.74, 6) is 1.30. The van der Waals surface area contributed by atoms with Crippen LogP contribution in [0.5, 0.6) is 0 Å². The number of halogens is 2. The molecule has 1 fully saturated rings. The number of nitrogens with zero attached hydrogens (tertiary/aromatic N) is 3. The molecule has 0 bridgehead atoms. The van der Waals surface area contributed by atoms with Crippen LogP contribution in [-0.4, -0.2) is 41.8 Å². The molecule has 0 N–H and O–H groups in total. The molecule has 0 amide bonds. The van der Waals surface area contributed by atoms with Crippen molar-refractivity contribution in [3.8, 4) is 0 Å². The molecule has 1 aromatic heterocycles. The molecular formula is C16H19ClFN3O2. The highest BCUT2D eigenvalue weighted by Gasteiger charge is 2.37. The fraction of sp³-hybridized carbons (Fsp3) is 0.500. The van der Waals surface area contributed by atoms with Crippen LogP contribution in [0.2, 0.25) is 5.02 Å². The van der Waals surface area contributed by atoms with Crippen molar-refractivity contribution in [3.05, 3.63) is 46.3 Å². The maximum absolute atomic E-state index is 13.6. The van der Waals surface area contributed by atoms with E-state index in [1.165, 1.54) is 6.07 Å². The molecule has 7 heteroatoms. The largest absolute Gasteiger partial charge is 0.384 e. The molecule has 0 spiro atoms. The first-order chi connectivity index (χ1) is 11.1. The zero-order valence-corrected chi connectivity index (χ0v) is 13.9. The van der Waals surface area contributed by atoms with Gasteiger partial charge in [0.1, 0.15) is 5.82 Å². The van der Waals surface area contributed by atoms with Crippen LogP contribution >= 0.6 is 11.6 Å². The van der Waals surface area contributed by atoms with Crippen molar-refractivity contribution in [1.82, 2.24) is 15.0 Å². The van der Waals surface area contributed by atoms with E-state index in [-0.39, 0.29) is 22.7 Å². The van der Waals surface area contributed by atoms with E-state index in [9.17, 15) is 4.39 Å². The van der Waals surface area contributed by atoms with Gasteiger partial charge in [0.2, 0.25) is 5.89 Å². The number of methoxy groups -OCH3 is 1. The standard InChI is InChI=1S/C16H19ClFN3O2/c1-10-19-16(23-20-10)13-8-21(7-12(13)9-22-2)6-11-3-4-14(17)15(18)5-11/h3-5,12-13H,6-9H2,1-2H3/t12-,13+/m0/s1. The van der Waals surface area contributed by atoms with Crippen LogP contribution in [0, 0.1) is 18.7 Å². The van der Waals surface area contributed by atoms with E-state index in [0.29, 0.717) is 24.9 Å². The van der Waals surface area contributed by atoms with Crippen LogP contribution < -0.4 is 0 Å². The first kappa shape index (κ1) is 16.4. The van der Waals surface area contributed by atoms with Gasteiger partial charge >= 0.3 is 0 Å². The molecule has 2 atom stereocenters. The molecule has 1 aromatic carbocycles. The lowest BCUT2D eigenvalue weighted by Crippen LogP contribution is -2.21. The van der Waals surface area contributed by atoms with Crippen molar-refractivity contribution in [1.29, 1.82) is 0 Å². The summed E-state index contributed by atoms with van der Waals surface area (Å²) in [6, 6.07) is 4.92. The second kappa shape index (κ2) is 6.95. The fourth-order valence-corrected chi connectivity index (χ4v) is 3.23. The van der Waals surface area contributed by atoms with Gasteiger partial charge in [0.05, 0.1) is 17.5 Å². The number of ether oxygens (including phenoxy) is 1. The summed E-state index contributed by atoms with van der Waals surface area (Å²) >= 11 is 5.73. The molecule has 2 aromatic rings. The van der Waals surface area contributed by atoms with Gasteiger partial charge in [-0.05, 0) is 24.6 Å². The Morgan fingerprint density at radius 3 is 2.91 bits per heavy atom. The second-order valence-corrected chi connectivity index (χ2v) is 6.35. The van der Waals surface area contributed by atoms with Crippen LogP contribution in [0.4, 0.5) is 4.39 Å². The Morgan fingerprint density at radius 1 is 1.43 bits per heavy atom. The monoisotopic (exact) mass is 339 g/mol. The van der Waals surface area contributed by atoms with E-state index < -0.39 is 0 Å². The molecule has 0 aliphatic carbocycles. The third kappa shape index (κ3) is 3.71. The molecular weight excluding hydrogens is 321 g/mol. The summed E-state index contributed by atoms with van der Waals surface area (Å²) in [6.45, 7) is 4.70. The molecule has 23 heavy (non-hydrogen) atoms. The highest BCUT2D eigenvalue weighted by molar-refractivity contribution is 6.30. The summed E-state index contributed by atoms with van der Waals surface area (Å²) in [4.78, 5) is 6.60. The number of aromatic nitrogens is 2. The molecule has 5 nitrogen and oxygen atoms in total. The highest BCUT2D eigenvalue weighted by atomic mass is 35.5. The Hall–Kier alpha value is -1.50. The van der Waals surface area contributed by atoms with Gasteiger partial charge in [0.25, 0.3) is 0 Å². The van der Waals surface area contributed by atoms with Crippen LogP contribution in [0.1, 0.15) is 23.2 Å². The minimum atomic E-state index is -0.388. The zero-order valence-electron chi connectivity index (χ0n) is 13.1. The SMILES string of the molecule is COC[C@@H]1CN(Cc2ccc(Cl)c(F)c2)C[C@H]1c1nc(C)no1. The molecule has 3 rings (SSSR count). The Kier molecular flexibility index (Phi) is 4.94. The Morgan fingerprint density at radius 2 is 2.26 bits per heavy atom. The van der Waals surface area contributed by atoms with Crippen LogP contribution in [0.3, 0.4) is 0 Å². The second-order valence-electron chi connectivity index (χ2n) is 5.94. The van der Waals surface area contributed by atoms with Crippen molar-refractivity contribution in [2.45, 2.75) is 19.4 Å². The molecule has 1 aliphatic heterocycles. The Bertz CT molecular complexity index is 679. The topological polar surface area (TPSA) is 51.4 Å². The van der Waals surface area contributed by atoms with Crippen LogP contribution in [0.25, 0.3) is 0 Å². The summed E-state index contributed by atoms with van der Waals surface area (Å²) < 4.78 is 24.3. The number of hydrogen-bond donors (Lipinski definition) is 0. The van der Waals surface area contributed by atoms with Crippen molar-refractivity contribution in [2.24, 2.45) is 5.92 Å². The average molecular weight is 340 g/mol. The third-order valence-corrected chi connectivity index (χ3v) is 4.45. The predicted molar refractivity (Wildman–Crippen MR) is 83.8 cm³/mol. The van der Waals surface area contributed by atoms with Gasteiger partial charge < -0.3 is 9.26 Å². The summed E-state index contributed by atoms with van der Waals surface area (Å²) in [5, 5.41) is 4.02. The van der Waals surface area contributed by atoms with Crippen molar-refractivity contribution >= 4 is 11.6 Å². The zero-order chi connectivity index (χ0) is 16.4. The minimum Gasteiger partial charge on any atom is -0.384 e. The van der Waals surface area contributed by atoms with E-state index in [2.05, 4.69) is 15.0 Å². The maximum atomic E-state index is 13.6. The van der Waals surface area contributed by atoms with Gasteiger partial charge in [-0.2, -0.15) is 4.98 Å². The van der Waals surface area contributed by atoms with Crippen molar-refractivity contribution in [2.75, 3.05) is 26.8 Å². The number of aryl methyl sites for hydroxylation is 1. The summed E-state index contributed by atoms with van der Waals surface area (Å²) in [5.41, 5.74) is 0.894. The first-order valence-corrected chi connectivity index (χ1v) is 7.90. The number of benzene rings is 1. The average Bonchev–Trinajstić information content (AvgIpc) is 3.10. The van der Waals surface area contributed by atoms with E-state index in [1.807, 2.05) is 13.0 Å². The quantitative estimate of drug-likeness (QED) is 0.838. The molecule has 0 unspecified atom stereocenters. The minimum absolute atomic E-state index is 0.133. The number of rotatable bonds is 5. The lowest BCUT2D eigenvalue weighted by molar-refractivity contribution is 0.142. The maximum Gasteiger partial charge on any atom is 0.231 e. The van der Waals surface area contributed by atoms with Gasteiger partial charge in [-0.15, -0.1) is 0 Å². The van der Waals surface area contributed by atoms with Gasteiger partial charge in [0.15, 0.2) is 5.82 Å². The lowest BCUT2D eigenvalue weighted by atomic mass is 9.97. The molecule has 2 heterocycles. The molecule has 0 radical (unpaired) electrons. The fourth-order valence-electron chi connectivity index (χ4n) is 3.11. The molecule has 1 aliphatic rings. The van der Waals surface area contributed by atoms with Gasteiger partial charge in [-0.3, -0.25) is 4.90 Å². The summed E-state index contributed by atoms with van der Waals surface area (Å²) in [6.07, 6.45) is 0. The van der Waals surface area contributed by atoms with Gasteiger partial charge in [-0.1, -0.05) is 22.8 Å². The third-order valence-electron chi connectivity index (χ3n) is 4.15. The number of likely N-dealkylation sites (tertiary alicyclic amines) is 1. The Labute approximate surface area is 139 Å². The first-order valence-electron chi connectivity index (χ1n) is 7.52. The van der Waals surface area contributed by atoms with Crippen molar-refractivity contribution in [3.63, 3.8) is 0 Å². The van der Waals surface area contributed by atoms with Crippen LogP contribution in [0.15, 0.2) is 22.7 Å². The summed E-state index contributed by atoms with van der Waals surface area (Å²) in [7, 11) is 1.69. The van der Waals surface area contributed by atoms with E-state index in [0.717, 1.165) is 18.7 Å². The molecule has 1 saturated heterocycles. The van der Waals surface area contributed by atoms with Gasteiger partial charge in [-0.25, -0.2) is 4.39 Å². The number of hydrogen-bond acceptors (Lipinski definition) is 5. The Balaban J connectivity index is 1.73. The highest BCUT2D eigenvalue weighted by Crippen LogP contribution is 2.33. The van der Waals surface area contributed by atoms with Crippen LogP contribution in [-0.2, 0) is 11.3 Å². The van der Waals surface area contributed by atoms with E-state index in [4.69, 9.17) is 20.9 Å². The molecule has 0 saturated carbocycles. The van der Waals surface area contributed by atoms with E-state index in [1.54, 1.807) is 13.2 Å². The smallest absolute Gasteiger partial charge is 0.231 e. The van der Waals surface area contributed by atoms with Gasteiger partial charge in [0, 0.05) is 32.7 Å². The van der Waals surface area contributed by atoms with E-state index >= 15 is 0 Å². The lowest BCUT2D eigenvalue weighted by Gasteiger charge is -2.15. The molecule has 124 valence electrons. The normalized spacial score (nSPS) is 21.9. The predicted octanol–water partition coefficient (Wildman–Crippen LogP) is 3.03.